The second kappa shape index (κ2) is 6.11. The van der Waals surface area contributed by atoms with E-state index < -0.39 is 0 Å². The first-order valence-electron chi connectivity index (χ1n) is 6.01. The molecule has 1 rings (SSSR count). The van der Waals surface area contributed by atoms with Crippen LogP contribution in [-0.2, 0) is 9.53 Å². The fraction of sp³-hybridized carbons (Fsp3) is 0.917. The van der Waals surface area contributed by atoms with Crippen molar-refractivity contribution in [2.75, 3.05) is 20.2 Å². The lowest BCUT2D eigenvalue weighted by atomic mass is 9.85. The van der Waals surface area contributed by atoms with Crippen molar-refractivity contribution < 1.29 is 9.53 Å². The molecule has 2 atom stereocenters. The maximum atomic E-state index is 11.3. The molecule has 0 aromatic carbocycles. The molecule has 1 saturated carbocycles. The average molecular weight is 213 g/mol. The van der Waals surface area contributed by atoms with Gasteiger partial charge in [0.15, 0.2) is 0 Å². The summed E-state index contributed by atoms with van der Waals surface area (Å²) in [6, 6.07) is 0.558. The second-order valence-electron chi connectivity index (χ2n) is 4.55. The maximum Gasteiger partial charge on any atom is 0.320 e. The van der Waals surface area contributed by atoms with Crippen molar-refractivity contribution in [3.8, 4) is 0 Å². The first kappa shape index (κ1) is 12.5. The number of carbonyl (C=O) groups excluding carboxylic acids is 1. The van der Waals surface area contributed by atoms with Crippen LogP contribution in [0.1, 0.15) is 39.5 Å². The summed E-state index contributed by atoms with van der Waals surface area (Å²) in [4.78, 5) is 13.5. The molecule has 0 bridgehead atoms. The third-order valence-electron chi connectivity index (χ3n) is 3.32. The van der Waals surface area contributed by atoms with E-state index in [0.29, 0.717) is 25.1 Å². The van der Waals surface area contributed by atoms with Crippen molar-refractivity contribution in [3.63, 3.8) is 0 Å². The average Bonchev–Trinajstić information content (AvgIpc) is 2.18. The van der Waals surface area contributed by atoms with Gasteiger partial charge < -0.3 is 4.74 Å². The predicted molar refractivity (Wildman–Crippen MR) is 60.7 cm³/mol. The number of hydrogen-bond acceptors (Lipinski definition) is 3. The fourth-order valence-electron chi connectivity index (χ4n) is 2.48. The van der Waals surface area contributed by atoms with Crippen LogP contribution in [0.2, 0.25) is 0 Å². The summed E-state index contributed by atoms with van der Waals surface area (Å²) >= 11 is 0. The van der Waals surface area contributed by atoms with Gasteiger partial charge in [0.2, 0.25) is 0 Å². The lowest BCUT2D eigenvalue weighted by Crippen LogP contribution is -2.42. The van der Waals surface area contributed by atoms with Crippen LogP contribution in [0.5, 0.6) is 0 Å². The second-order valence-corrected chi connectivity index (χ2v) is 4.55. The van der Waals surface area contributed by atoms with E-state index in [9.17, 15) is 4.79 Å². The van der Waals surface area contributed by atoms with Crippen molar-refractivity contribution in [2.24, 2.45) is 5.92 Å². The molecular formula is C12H23NO2. The van der Waals surface area contributed by atoms with Gasteiger partial charge in [-0.05, 0) is 32.7 Å². The van der Waals surface area contributed by atoms with Crippen molar-refractivity contribution >= 4 is 5.97 Å². The summed E-state index contributed by atoms with van der Waals surface area (Å²) in [5, 5.41) is 0. The van der Waals surface area contributed by atoms with Gasteiger partial charge >= 0.3 is 5.97 Å². The standard InChI is InChI=1S/C12H23NO2/c1-4-15-12(14)9-13(3)11-8-6-5-7-10(11)2/h10-11H,4-9H2,1-3H3. The Balaban J connectivity index is 2.37. The first-order valence-corrected chi connectivity index (χ1v) is 6.01. The number of likely N-dealkylation sites (N-methyl/N-ethyl adjacent to an activating group) is 1. The number of esters is 1. The van der Waals surface area contributed by atoms with Crippen molar-refractivity contribution in [2.45, 2.75) is 45.6 Å². The van der Waals surface area contributed by atoms with Crippen LogP contribution in [0.3, 0.4) is 0 Å². The van der Waals surface area contributed by atoms with E-state index >= 15 is 0 Å². The molecule has 1 aliphatic rings. The van der Waals surface area contributed by atoms with Gasteiger partial charge in [0.25, 0.3) is 0 Å². The van der Waals surface area contributed by atoms with E-state index in [0.717, 1.165) is 0 Å². The number of ether oxygens (including phenoxy) is 1. The first-order chi connectivity index (χ1) is 7.15. The van der Waals surface area contributed by atoms with Gasteiger partial charge in [-0.15, -0.1) is 0 Å². The fourth-order valence-corrected chi connectivity index (χ4v) is 2.48. The molecule has 88 valence electrons. The van der Waals surface area contributed by atoms with Crippen LogP contribution in [0, 0.1) is 5.92 Å². The summed E-state index contributed by atoms with van der Waals surface area (Å²) in [5.41, 5.74) is 0. The smallest absolute Gasteiger partial charge is 0.320 e. The van der Waals surface area contributed by atoms with Crippen molar-refractivity contribution in [1.29, 1.82) is 0 Å². The number of hydrogen-bond donors (Lipinski definition) is 0. The molecule has 3 nitrogen and oxygen atoms in total. The minimum absolute atomic E-state index is 0.0993. The third kappa shape index (κ3) is 3.82. The minimum atomic E-state index is -0.0993. The molecule has 0 N–H and O–H groups in total. The Hall–Kier alpha value is -0.570. The summed E-state index contributed by atoms with van der Waals surface area (Å²) < 4.78 is 4.96. The van der Waals surface area contributed by atoms with Crippen LogP contribution in [-0.4, -0.2) is 37.1 Å². The Morgan fingerprint density at radius 2 is 2.07 bits per heavy atom. The largest absolute Gasteiger partial charge is 0.465 e. The van der Waals surface area contributed by atoms with Gasteiger partial charge in [0.1, 0.15) is 0 Å². The monoisotopic (exact) mass is 213 g/mol. The highest BCUT2D eigenvalue weighted by Gasteiger charge is 2.26. The molecule has 0 aromatic rings. The zero-order chi connectivity index (χ0) is 11.3. The predicted octanol–water partition coefficient (Wildman–Crippen LogP) is 2.06. The van der Waals surface area contributed by atoms with Crippen LogP contribution in [0.15, 0.2) is 0 Å². The lowest BCUT2D eigenvalue weighted by Gasteiger charge is -2.35. The zero-order valence-electron chi connectivity index (χ0n) is 10.2. The molecule has 0 heterocycles. The lowest BCUT2D eigenvalue weighted by molar-refractivity contribution is -0.145. The van der Waals surface area contributed by atoms with Crippen molar-refractivity contribution in [3.05, 3.63) is 0 Å². The van der Waals surface area contributed by atoms with Gasteiger partial charge in [0.05, 0.1) is 13.2 Å². The van der Waals surface area contributed by atoms with E-state index in [1.165, 1.54) is 25.7 Å². The molecule has 0 radical (unpaired) electrons. The Labute approximate surface area is 92.8 Å². The molecule has 0 aliphatic heterocycles. The summed E-state index contributed by atoms with van der Waals surface area (Å²) in [5.74, 6) is 0.607. The number of rotatable bonds is 4. The van der Waals surface area contributed by atoms with Gasteiger partial charge in [-0.3, -0.25) is 9.69 Å². The molecular weight excluding hydrogens is 190 g/mol. The Kier molecular flexibility index (Phi) is 5.09. The zero-order valence-corrected chi connectivity index (χ0v) is 10.2. The van der Waals surface area contributed by atoms with E-state index in [1.807, 2.05) is 14.0 Å². The van der Waals surface area contributed by atoms with Crippen LogP contribution in [0.4, 0.5) is 0 Å². The van der Waals surface area contributed by atoms with E-state index in [-0.39, 0.29) is 5.97 Å². The van der Waals surface area contributed by atoms with Crippen LogP contribution in [0.25, 0.3) is 0 Å². The van der Waals surface area contributed by atoms with E-state index in [2.05, 4.69) is 11.8 Å². The molecule has 0 aromatic heterocycles. The van der Waals surface area contributed by atoms with Crippen LogP contribution >= 0.6 is 0 Å². The normalized spacial score (nSPS) is 26.7. The summed E-state index contributed by atoms with van der Waals surface area (Å²) in [7, 11) is 2.03. The Bertz CT molecular complexity index is 206. The molecule has 3 heteroatoms. The van der Waals surface area contributed by atoms with Gasteiger partial charge in [-0.2, -0.15) is 0 Å². The third-order valence-corrected chi connectivity index (χ3v) is 3.32. The quantitative estimate of drug-likeness (QED) is 0.669. The topological polar surface area (TPSA) is 29.5 Å². The Morgan fingerprint density at radius 1 is 1.40 bits per heavy atom. The highest BCUT2D eigenvalue weighted by molar-refractivity contribution is 5.71. The highest BCUT2D eigenvalue weighted by atomic mass is 16.5. The molecule has 0 spiro atoms. The van der Waals surface area contributed by atoms with E-state index in [4.69, 9.17) is 4.74 Å². The summed E-state index contributed by atoms with van der Waals surface area (Å²) in [6.07, 6.45) is 5.14. The molecule has 2 unspecified atom stereocenters. The molecule has 15 heavy (non-hydrogen) atoms. The molecule has 1 fully saturated rings. The SMILES string of the molecule is CCOC(=O)CN(C)C1CCCCC1C. The minimum Gasteiger partial charge on any atom is -0.465 e. The van der Waals surface area contributed by atoms with Gasteiger partial charge in [-0.1, -0.05) is 19.8 Å². The molecule has 0 amide bonds. The van der Waals surface area contributed by atoms with Crippen molar-refractivity contribution in [1.82, 2.24) is 4.90 Å². The van der Waals surface area contributed by atoms with Gasteiger partial charge in [0, 0.05) is 6.04 Å². The Morgan fingerprint density at radius 3 is 2.67 bits per heavy atom. The summed E-state index contributed by atoms with van der Waals surface area (Å²) in [6.45, 7) is 5.04. The van der Waals surface area contributed by atoms with E-state index in [1.54, 1.807) is 0 Å². The number of carbonyl (C=O) groups is 1. The molecule has 1 aliphatic carbocycles. The highest BCUT2D eigenvalue weighted by Crippen LogP contribution is 2.27. The maximum absolute atomic E-state index is 11.3. The van der Waals surface area contributed by atoms with Crippen LogP contribution < -0.4 is 0 Å². The molecule has 0 saturated heterocycles. The van der Waals surface area contributed by atoms with Gasteiger partial charge in [-0.25, -0.2) is 0 Å². The number of nitrogens with zero attached hydrogens (tertiary/aromatic N) is 1.